The van der Waals surface area contributed by atoms with Gasteiger partial charge in [-0.1, -0.05) is 36.4 Å². The fourth-order valence-electron chi connectivity index (χ4n) is 4.78. The number of pyridine rings is 2. The van der Waals surface area contributed by atoms with Gasteiger partial charge in [-0.05, 0) is 57.0 Å². The molecular weight excluding hydrogens is 502 g/mol. The first-order valence-electron chi connectivity index (χ1n) is 13.2. The van der Waals surface area contributed by atoms with Crippen molar-refractivity contribution >= 4 is 23.3 Å². The fraction of sp³-hybridized carbons (Fsp3) is 0.258. The average molecular weight is 536 g/mol. The van der Waals surface area contributed by atoms with Crippen LogP contribution in [0, 0.1) is 0 Å². The molecule has 5 aromatic rings. The summed E-state index contributed by atoms with van der Waals surface area (Å²) in [6, 6.07) is 18.6. The highest BCUT2D eigenvalue weighted by Gasteiger charge is 2.26. The lowest BCUT2D eigenvalue weighted by molar-refractivity contribution is -0.106. The number of ether oxygens (including phenoxy) is 1. The zero-order valence-corrected chi connectivity index (χ0v) is 23.4. The van der Waals surface area contributed by atoms with Gasteiger partial charge in [-0.15, -0.1) is 5.10 Å². The number of hydrogen-bond donors (Lipinski definition) is 1. The Morgan fingerprint density at radius 3 is 2.48 bits per heavy atom. The summed E-state index contributed by atoms with van der Waals surface area (Å²) in [6.45, 7) is 9.18. The van der Waals surface area contributed by atoms with Crippen LogP contribution < -0.4 is 15.0 Å². The van der Waals surface area contributed by atoms with E-state index in [-0.39, 0.29) is 5.54 Å². The van der Waals surface area contributed by atoms with Gasteiger partial charge in [0.1, 0.15) is 11.8 Å². The quantitative estimate of drug-likeness (QED) is 0.282. The molecule has 0 unspecified atom stereocenters. The molecule has 1 aromatic carbocycles. The molecule has 0 amide bonds. The second-order valence-corrected chi connectivity index (χ2v) is 10.5. The number of aldehydes is 1. The highest BCUT2D eigenvalue weighted by atomic mass is 16.5. The van der Waals surface area contributed by atoms with Gasteiger partial charge in [0, 0.05) is 41.8 Å². The van der Waals surface area contributed by atoms with Crippen molar-refractivity contribution in [2.24, 2.45) is 0 Å². The Morgan fingerprint density at radius 1 is 1.00 bits per heavy atom. The van der Waals surface area contributed by atoms with Crippen molar-refractivity contribution in [3.8, 4) is 28.4 Å². The fourth-order valence-corrected chi connectivity index (χ4v) is 4.78. The number of anilines is 2. The molecule has 9 nitrogen and oxygen atoms in total. The van der Waals surface area contributed by atoms with Gasteiger partial charge in [-0.3, -0.25) is 4.98 Å². The smallest absolute Gasteiger partial charge is 0.237 e. The third-order valence-electron chi connectivity index (χ3n) is 6.38. The molecule has 0 bridgehead atoms. The monoisotopic (exact) mass is 535 g/mol. The predicted molar refractivity (Wildman–Crippen MR) is 157 cm³/mol. The number of carbonyl (C=O) groups excluding carboxylic acids is 1. The summed E-state index contributed by atoms with van der Waals surface area (Å²) < 4.78 is 7.44. The van der Waals surface area contributed by atoms with Crippen molar-refractivity contribution < 1.29 is 9.53 Å². The molecule has 0 spiro atoms. The van der Waals surface area contributed by atoms with Crippen LogP contribution >= 0.6 is 0 Å². The zero-order chi connectivity index (χ0) is 28.3. The normalized spacial score (nSPS) is 12.5. The number of nitrogens with one attached hydrogen (secondary N) is 1. The van der Waals surface area contributed by atoms with E-state index in [2.05, 4.69) is 77.4 Å². The topological polar surface area (TPSA) is 97.5 Å². The van der Waals surface area contributed by atoms with E-state index in [1.54, 1.807) is 13.3 Å². The number of benzene rings is 1. The van der Waals surface area contributed by atoms with Crippen LogP contribution in [0.1, 0.15) is 39.0 Å². The molecular formula is C31H33N7O2. The third-order valence-corrected chi connectivity index (χ3v) is 6.38. The second kappa shape index (κ2) is 11.1. The molecule has 0 atom stereocenters. The lowest BCUT2D eigenvalue weighted by atomic mass is 10.1. The molecule has 40 heavy (non-hydrogen) atoms. The van der Waals surface area contributed by atoms with E-state index in [9.17, 15) is 0 Å². The minimum absolute atomic E-state index is 0.164. The van der Waals surface area contributed by atoms with Crippen molar-refractivity contribution in [2.75, 3.05) is 17.3 Å². The second-order valence-electron chi connectivity index (χ2n) is 10.5. The molecule has 0 saturated carbocycles. The molecule has 4 aromatic heterocycles. The maximum atomic E-state index is 8.81. The van der Waals surface area contributed by atoms with Crippen LogP contribution in [-0.2, 0) is 17.9 Å². The number of aromatic nitrogens is 5. The molecule has 5 heterocycles. The van der Waals surface area contributed by atoms with E-state index in [0.29, 0.717) is 18.2 Å². The van der Waals surface area contributed by atoms with Crippen LogP contribution in [0.15, 0.2) is 73.2 Å². The van der Waals surface area contributed by atoms with Crippen molar-refractivity contribution in [3.05, 3.63) is 84.4 Å². The maximum absolute atomic E-state index is 8.81. The average Bonchev–Trinajstić information content (AvgIpc) is 3.57. The summed E-state index contributed by atoms with van der Waals surface area (Å²) in [5.41, 5.74) is 6.93. The molecule has 6 rings (SSSR count). The van der Waals surface area contributed by atoms with Gasteiger partial charge in [0.15, 0.2) is 11.6 Å². The Labute approximate surface area is 233 Å². The Balaban J connectivity index is 0.00000103. The molecule has 1 aliphatic heterocycles. The first kappa shape index (κ1) is 26.8. The molecule has 9 heteroatoms. The number of fused-ring (bicyclic) bond motifs is 2. The minimum Gasteiger partial charge on any atom is -0.480 e. The first-order chi connectivity index (χ1) is 19.3. The van der Waals surface area contributed by atoms with Crippen molar-refractivity contribution in [1.82, 2.24) is 24.6 Å². The Bertz CT molecular complexity index is 1620. The van der Waals surface area contributed by atoms with E-state index in [1.165, 1.54) is 12.5 Å². The summed E-state index contributed by atoms with van der Waals surface area (Å²) in [5, 5.41) is 8.41. The Morgan fingerprint density at radius 2 is 1.77 bits per heavy atom. The highest BCUT2D eigenvalue weighted by molar-refractivity contribution is 5.89. The predicted octanol–water partition coefficient (Wildman–Crippen LogP) is 5.80. The van der Waals surface area contributed by atoms with Crippen LogP contribution in [0.3, 0.4) is 0 Å². The minimum atomic E-state index is -0.164. The molecule has 1 N–H and O–H groups in total. The molecule has 0 fully saturated rings. The van der Waals surface area contributed by atoms with Gasteiger partial charge in [-0.2, -0.15) is 0 Å². The summed E-state index contributed by atoms with van der Waals surface area (Å²) in [4.78, 5) is 25.4. The van der Waals surface area contributed by atoms with Crippen LogP contribution in [0.2, 0.25) is 0 Å². The standard InChI is InChI=1S/C29H29N7O.C2H4O/c1-29(2,3)33-23-15-21(16-31-28(23)37-4)26-32-27(35-17-20-11-8-13-30-24(20)18-35)25-22(12-14-36(25)34-26)19-9-6-5-7-10-19;1-2-3/h5-16,33H,17-18H2,1-4H3;2H,1H3. The number of nitrogens with zero attached hydrogens (tertiary/aromatic N) is 6. The summed E-state index contributed by atoms with van der Waals surface area (Å²) >= 11 is 0. The van der Waals surface area contributed by atoms with Crippen LogP contribution in [0.25, 0.3) is 28.0 Å². The summed E-state index contributed by atoms with van der Waals surface area (Å²) in [7, 11) is 1.63. The van der Waals surface area contributed by atoms with Crippen molar-refractivity contribution in [2.45, 2.75) is 46.3 Å². The molecule has 1 aliphatic rings. The first-order valence-corrected chi connectivity index (χ1v) is 13.2. The third kappa shape index (κ3) is 5.49. The number of methoxy groups -OCH3 is 1. The van der Waals surface area contributed by atoms with Crippen LogP contribution in [0.5, 0.6) is 5.88 Å². The molecule has 0 saturated heterocycles. The van der Waals surface area contributed by atoms with E-state index in [4.69, 9.17) is 19.6 Å². The van der Waals surface area contributed by atoms with Crippen LogP contribution in [0.4, 0.5) is 11.5 Å². The lowest BCUT2D eigenvalue weighted by Gasteiger charge is -2.23. The van der Waals surface area contributed by atoms with Crippen LogP contribution in [-0.4, -0.2) is 43.5 Å². The van der Waals surface area contributed by atoms with E-state index < -0.39 is 0 Å². The van der Waals surface area contributed by atoms with E-state index >= 15 is 0 Å². The van der Waals surface area contributed by atoms with Gasteiger partial charge < -0.3 is 19.7 Å². The number of hydrogen-bond acceptors (Lipinski definition) is 8. The Hall–Kier alpha value is -4.79. The van der Waals surface area contributed by atoms with Gasteiger partial charge in [0.25, 0.3) is 0 Å². The lowest BCUT2D eigenvalue weighted by Crippen LogP contribution is -2.26. The van der Waals surface area contributed by atoms with E-state index in [0.717, 1.165) is 52.2 Å². The van der Waals surface area contributed by atoms with E-state index in [1.807, 2.05) is 35.1 Å². The van der Waals surface area contributed by atoms with Crippen molar-refractivity contribution in [1.29, 1.82) is 0 Å². The highest BCUT2D eigenvalue weighted by Crippen LogP contribution is 2.37. The number of rotatable bonds is 5. The summed E-state index contributed by atoms with van der Waals surface area (Å²) in [6.07, 6.45) is 6.36. The number of carbonyl (C=O) groups is 1. The van der Waals surface area contributed by atoms with Gasteiger partial charge in [-0.25, -0.2) is 14.5 Å². The van der Waals surface area contributed by atoms with Gasteiger partial charge in [0.2, 0.25) is 5.88 Å². The largest absolute Gasteiger partial charge is 0.480 e. The molecule has 204 valence electrons. The SMILES string of the molecule is CC=O.COc1ncc(-c2nc(N3Cc4cccnc4C3)c3c(-c4ccccc4)ccn3n2)cc1NC(C)(C)C. The Kier molecular flexibility index (Phi) is 7.46. The van der Waals surface area contributed by atoms with Gasteiger partial charge in [0.05, 0.1) is 25.0 Å². The molecule has 0 aliphatic carbocycles. The maximum Gasteiger partial charge on any atom is 0.237 e. The molecule has 0 radical (unpaired) electrons. The van der Waals surface area contributed by atoms with Crippen molar-refractivity contribution in [3.63, 3.8) is 0 Å². The summed E-state index contributed by atoms with van der Waals surface area (Å²) in [5.74, 6) is 2.00. The van der Waals surface area contributed by atoms with Gasteiger partial charge >= 0.3 is 0 Å². The zero-order valence-electron chi connectivity index (χ0n) is 23.4.